The number of fused-ring (bicyclic) bond motifs is 2. The fourth-order valence-corrected chi connectivity index (χ4v) is 2.36. The Labute approximate surface area is 81.9 Å². The van der Waals surface area contributed by atoms with Crippen LogP contribution in [0, 0.1) is 0 Å². The van der Waals surface area contributed by atoms with Crippen molar-refractivity contribution in [1.29, 1.82) is 0 Å². The van der Waals surface area contributed by atoms with Gasteiger partial charge in [0.15, 0.2) is 0 Å². The number of rotatable bonds is 1. The van der Waals surface area contributed by atoms with E-state index in [9.17, 15) is 4.79 Å². The summed E-state index contributed by atoms with van der Waals surface area (Å²) >= 11 is 0. The molecular weight excluding hydrogens is 180 g/mol. The third-order valence-electron chi connectivity index (χ3n) is 3.09. The van der Waals surface area contributed by atoms with Crippen molar-refractivity contribution in [2.45, 2.75) is 18.5 Å². The molecule has 2 saturated heterocycles. The quantitative estimate of drug-likeness (QED) is 0.703. The highest BCUT2D eigenvalue weighted by molar-refractivity contribution is 5.94. The van der Waals surface area contributed by atoms with Crippen LogP contribution in [0.1, 0.15) is 16.8 Å². The molecule has 3 heterocycles. The topological polar surface area (TPSA) is 45.5 Å². The van der Waals surface area contributed by atoms with Crippen LogP contribution in [-0.4, -0.2) is 36.0 Å². The Morgan fingerprint density at radius 1 is 1.64 bits per heavy atom. The fourth-order valence-electron chi connectivity index (χ4n) is 2.36. The van der Waals surface area contributed by atoms with Gasteiger partial charge in [0.2, 0.25) is 0 Å². The van der Waals surface area contributed by atoms with Gasteiger partial charge in [-0.3, -0.25) is 4.79 Å². The van der Waals surface area contributed by atoms with Gasteiger partial charge in [0.25, 0.3) is 5.91 Å². The number of hydrogen-bond donors (Lipinski definition) is 1. The third-order valence-corrected chi connectivity index (χ3v) is 3.09. The van der Waals surface area contributed by atoms with Gasteiger partial charge in [-0.15, -0.1) is 0 Å². The van der Waals surface area contributed by atoms with E-state index in [1.54, 1.807) is 12.3 Å². The zero-order valence-corrected chi connectivity index (χ0v) is 7.77. The molecule has 2 fully saturated rings. The minimum absolute atomic E-state index is 0.104. The summed E-state index contributed by atoms with van der Waals surface area (Å²) in [6.45, 7) is 1.78. The predicted octanol–water partition coefficient (Wildman–Crippen LogP) is 0.466. The molecule has 2 bridgehead atoms. The lowest BCUT2D eigenvalue weighted by Gasteiger charge is -2.26. The second kappa shape index (κ2) is 2.85. The average Bonchev–Trinajstić information content (AvgIpc) is 2.93. The average molecular weight is 192 g/mol. The van der Waals surface area contributed by atoms with Crippen molar-refractivity contribution < 1.29 is 9.21 Å². The minimum atomic E-state index is 0.104. The van der Waals surface area contributed by atoms with Gasteiger partial charge in [0, 0.05) is 25.2 Å². The predicted molar refractivity (Wildman–Crippen MR) is 49.9 cm³/mol. The summed E-state index contributed by atoms with van der Waals surface area (Å²) in [5.74, 6) is 0.104. The van der Waals surface area contributed by atoms with Crippen molar-refractivity contribution >= 4 is 5.91 Å². The van der Waals surface area contributed by atoms with Crippen molar-refractivity contribution in [3.8, 4) is 0 Å². The molecule has 3 rings (SSSR count). The Balaban J connectivity index is 1.81. The number of amides is 1. The van der Waals surface area contributed by atoms with Crippen LogP contribution in [0.4, 0.5) is 0 Å². The van der Waals surface area contributed by atoms with Gasteiger partial charge in [0.1, 0.15) is 6.26 Å². The van der Waals surface area contributed by atoms with Crippen LogP contribution in [0.2, 0.25) is 0 Å². The van der Waals surface area contributed by atoms with E-state index in [-0.39, 0.29) is 5.91 Å². The normalized spacial score (nSPS) is 29.9. The molecule has 1 aromatic rings. The fraction of sp³-hybridized carbons (Fsp3) is 0.500. The van der Waals surface area contributed by atoms with Crippen LogP contribution in [0.3, 0.4) is 0 Å². The highest BCUT2D eigenvalue weighted by atomic mass is 16.3. The molecule has 14 heavy (non-hydrogen) atoms. The van der Waals surface area contributed by atoms with Gasteiger partial charge in [-0.1, -0.05) is 0 Å². The van der Waals surface area contributed by atoms with Gasteiger partial charge in [0.05, 0.1) is 11.8 Å². The van der Waals surface area contributed by atoms with Crippen LogP contribution in [0.5, 0.6) is 0 Å². The molecule has 2 atom stereocenters. The standard InChI is InChI=1S/C10H12N2O2/c13-10(7-1-2-14-6-7)12-5-8-3-9(12)4-11-8/h1-2,6,8-9,11H,3-5H2. The van der Waals surface area contributed by atoms with Gasteiger partial charge in [-0.2, -0.15) is 0 Å². The molecule has 1 N–H and O–H groups in total. The largest absolute Gasteiger partial charge is 0.472 e. The second-order valence-electron chi connectivity index (χ2n) is 3.96. The maximum Gasteiger partial charge on any atom is 0.257 e. The summed E-state index contributed by atoms with van der Waals surface area (Å²) in [5.41, 5.74) is 0.664. The van der Waals surface area contributed by atoms with Gasteiger partial charge in [-0.25, -0.2) is 0 Å². The van der Waals surface area contributed by atoms with E-state index in [0.29, 0.717) is 17.6 Å². The van der Waals surface area contributed by atoms with Crippen molar-refractivity contribution in [2.75, 3.05) is 13.1 Å². The summed E-state index contributed by atoms with van der Waals surface area (Å²) in [4.78, 5) is 13.9. The van der Waals surface area contributed by atoms with Crippen molar-refractivity contribution in [2.24, 2.45) is 0 Å². The smallest absolute Gasteiger partial charge is 0.257 e. The Morgan fingerprint density at radius 2 is 2.57 bits per heavy atom. The Bertz CT molecular complexity index is 347. The number of carbonyl (C=O) groups excluding carboxylic acids is 1. The van der Waals surface area contributed by atoms with E-state index in [4.69, 9.17) is 4.42 Å². The first-order valence-electron chi connectivity index (χ1n) is 4.91. The van der Waals surface area contributed by atoms with E-state index in [1.165, 1.54) is 6.26 Å². The molecule has 0 saturated carbocycles. The molecule has 0 radical (unpaired) electrons. The minimum Gasteiger partial charge on any atom is -0.472 e. The maximum absolute atomic E-state index is 11.9. The second-order valence-corrected chi connectivity index (χ2v) is 3.96. The molecule has 2 aliphatic rings. The van der Waals surface area contributed by atoms with Crippen LogP contribution in [0.25, 0.3) is 0 Å². The first-order valence-corrected chi connectivity index (χ1v) is 4.91. The van der Waals surface area contributed by atoms with Crippen molar-refractivity contribution in [3.63, 3.8) is 0 Å². The van der Waals surface area contributed by atoms with E-state index in [0.717, 1.165) is 19.5 Å². The molecule has 1 amide bonds. The van der Waals surface area contributed by atoms with E-state index < -0.39 is 0 Å². The van der Waals surface area contributed by atoms with E-state index >= 15 is 0 Å². The molecular formula is C10H12N2O2. The highest BCUT2D eigenvalue weighted by Gasteiger charge is 2.40. The molecule has 4 heteroatoms. The lowest BCUT2D eigenvalue weighted by atomic mass is 10.2. The number of piperazine rings is 1. The number of carbonyl (C=O) groups is 1. The van der Waals surface area contributed by atoms with Crippen LogP contribution in [-0.2, 0) is 0 Å². The molecule has 2 unspecified atom stereocenters. The van der Waals surface area contributed by atoms with Gasteiger partial charge >= 0.3 is 0 Å². The third kappa shape index (κ3) is 1.07. The summed E-state index contributed by atoms with van der Waals surface area (Å²) in [5, 5.41) is 3.37. The number of nitrogens with zero attached hydrogens (tertiary/aromatic N) is 1. The van der Waals surface area contributed by atoms with Crippen molar-refractivity contribution in [3.05, 3.63) is 24.2 Å². The number of nitrogens with one attached hydrogen (secondary N) is 1. The monoisotopic (exact) mass is 192 g/mol. The molecule has 1 aromatic heterocycles. The molecule has 0 spiro atoms. The molecule has 2 aliphatic heterocycles. The lowest BCUT2D eigenvalue weighted by molar-refractivity contribution is 0.0715. The maximum atomic E-state index is 11.9. The van der Waals surface area contributed by atoms with Crippen LogP contribution < -0.4 is 5.32 Å². The Morgan fingerprint density at radius 3 is 3.14 bits per heavy atom. The first kappa shape index (κ1) is 8.05. The summed E-state index contributed by atoms with van der Waals surface area (Å²) < 4.78 is 4.91. The summed E-state index contributed by atoms with van der Waals surface area (Å²) in [6.07, 6.45) is 4.16. The van der Waals surface area contributed by atoms with Crippen molar-refractivity contribution in [1.82, 2.24) is 10.2 Å². The number of hydrogen-bond acceptors (Lipinski definition) is 3. The van der Waals surface area contributed by atoms with Gasteiger partial charge < -0.3 is 14.6 Å². The Kier molecular flexibility index (Phi) is 1.64. The zero-order chi connectivity index (χ0) is 9.54. The van der Waals surface area contributed by atoms with Gasteiger partial charge in [-0.05, 0) is 12.5 Å². The molecule has 0 aromatic carbocycles. The summed E-state index contributed by atoms with van der Waals surface area (Å²) in [6, 6.07) is 2.63. The number of likely N-dealkylation sites (tertiary alicyclic amines) is 1. The molecule has 0 aliphatic carbocycles. The molecule has 74 valence electrons. The van der Waals surface area contributed by atoms with Crippen LogP contribution >= 0.6 is 0 Å². The van der Waals surface area contributed by atoms with Crippen LogP contribution in [0.15, 0.2) is 23.0 Å². The van der Waals surface area contributed by atoms with E-state index in [2.05, 4.69) is 5.32 Å². The molecule has 4 nitrogen and oxygen atoms in total. The van der Waals surface area contributed by atoms with E-state index in [1.807, 2.05) is 4.90 Å². The Hall–Kier alpha value is -1.29. The first-order chi connectivity index (χ1) is 6.84. The SMILES string of the molecule is O=C(c1ccoc1)N1CC2CC1CN2. The number of furan rings is 1. The highest BCUT2D eigenvalue weighted by Crippen LogP contribution is 2.24. The zero-order valence-electron chi connectivity index (χ0n) is 7.77. The summed E-state index contributed by atoms with van der Waals surface area (Å²) in [7, 11) is 0. The lowest BCUT2D eigenvalue weighted by Crippen LogP contribution is -2.46.